The standard InChI is InChI=1S/C27H38N4O/c1-22-6-10-24(11-7-22)26(25-12-8-23(2)9-13-25)28-27(32)31-20-18-30(19-21-31)17-5-16-29-14-3-4-15-29/h6-13,26H,3-5,14-21H2,1-2H3,(H,28,32). The summed E-state index contributed by atoms with van der Waals surface area (Å²) in [7, 11) is 0. The lowest BCUT2D eigenvalue weighted by Gasteiger charge is -2.36. The van der Waals surface area contributed by atoms with Crippen molar-refractivity contribution in [3.8, 4) is 0 Å². The monoisotopic (exact) mass is 434 g/mol. The quantitative estimate of drug-likeness (QED) is 0.710. The Kier molecular flexibility index (Phi) is 7.82. The SMILES string of the molecule is Cc1ccc(C(NC(=O)N2CCN(CCCN3CCCC3)CC2)c2ccc(C)cc2)cc1. The van der Waals surface area contributed by atoms with Gasteiger partial charge in [-0.05, 0) is 70.4 Å². The summed E-state index contributed by atoms with van der Waals surface area (Å²) in [5.74, 6) is 0. The molecule has 172 valence electrons. The van der Waals surface area contributed by atoms with Crippen molar-refractivity contribution >= 4 is 6.03 Å². The van der Waals surface area contributed by atoms with Crippen molar-refractivity contribution in [3.63, 3.8) is 0 Å². The molecule has 0 spiro atoms. The van der Waals surface area contributed by atoms with Crippen LogP contribution in [0.5, 0.6) is 0 Å². The predicted octanol–water partition coefficient (Wildman–Crippen LogP) is 4.21. The highest BCUT2D eigenvalue weighted by molar-refractivity contribution is 5.75. The van der Waals surface area contributed by atoms with E-state index < -0.39 is 0 Å². The zero-order valence-corrected chi connectivity index (χ0v) is 19.7. The third-order valence-electron chi connectivity index (χ3n) is 6.90. The molecule has 0 atom stereocenters. The predicted molar refractivity (Wildman–Crippen MR) is 131 cm³/mol. The molecular weight excluding hydrogens is 396 g/mol. The number of piperazine rings is 1. The molecule has 2 aliphatic heterocycles. The number of nitrogens with zero attached hydrogens (tertiary/aromatic N) is 3. The largest absolute Gasteiger partial charge is 0.327 e. The summed E-state index contributed by atoms with van der Waals surface area (Å²) in [6.45, 7) is 12.6. The summed E-state index contributed by atoms with van der Waals surface area (Å²) in [5, 5.41) is 3.32. The highest BCUT2D eigenvalue weighted by Crippen LogP contribution is 2.23. The molecule has 0 unspecified atom stereocenters. The Morgan fingerprint density at radius 1 is 0.750 bits per heavy atom. The average Bonchev–Trinajstić information content (AvgIpc) is 3.33. The maximum absolute atomic E-state index is 13.2. The van der Waals surface area contributed by atoms with Gasteiger partial charge in [0.1, 0.15) is 0 Å². The van der Waals surface area contributed by atoms with Crippen LogP contribution in [0.2, 0.25) is 0 Å². The van der Waals surface area contributed by atoms with E-state index in [4.69, 9.17) is 0 Å². The van der Waals surface area contributed by atoms with Crippen LogP contribution in [-0.2, 0) is 0 Å². The minimum Gasteiger partial charge on any atom is -0.327 e. The Morgan fingerprint density at radius 2 is 1.22 bits per heavy atom. The second-order valence-electron chi connectivity index (χ2n) is 9.43. The lowest BCUT2D eigenvalue weighted by molar-refractivity contribution is 0.134. The molecule has 0 aliphatic carbocycles. The molecule has 4 rings (SSSR count). The van der Waals surface area contributed by atoms with Gasteiger partial charge >= 0.3 is 6.03 Å². The van der Waals surface area contributed by atoms with Gasteiger partial charge in [0.2, 0.25) is 0 Å². The van der Waals surface area contributed by atoms with Gasteiger partial charge in [-0.1, -0.05) is 59.7 Å². The van der Waals surface area contributed by atoms with Crippen molar-refractivity contribution in [1.82, 2.24) is 20.0 Å². The fraction of sp³-hybridized carbons (Fsp3) is 0.519. The molecule has 2 aliphatic rings. The van der Waals surface area contributed by atoms with E-state index in [0.29, 0.717) is 0 Å². The van der Waals surface area contributed by atoms with Crippen molar-refractivity contribution in [2.75, 3.05) is 52.4 Å². The van der Waals surface area contributed by atoms with Crippen LogP contribution in [0.15, 0.2) is 48.5 Å². The van der Waals surface area contributed by atoms with E-state index in [1.165, 1.54) is 50.0 Å². The first kappa shape index (κ1) is 22.8. The van der Waals surface area contributed by atoms with Crippen molar-refractivity contribution in [2.24, 2.45) is 0 Å². The van der Waals surface area contributed by atoms with Gasteiger partial charge < -0.3 is 15.1 Å². The van der Waals surface area contributed by atoms with Crippen LogP contribution in [0.25, 0.3) is 0 Å². The van der Waals surface area contributed by atoms with Crippen LogP contribution >= 0.6 is 0 Å². The van der Waals surface area contributed by atoms with Crippen LogP contribution in [0.1, 0.15) is 47.6 Å². The fourth-order valence-electron chi connectivity index (χ4n) is 4.79. The number of carbonyl (C=O) groups excluding carboxylic acids is 1. The average molecular weight is 435 g/mol. The molecular formula is C27H38N4O. The number of hydrogen-bond donors (Lipinski definition) is 1. The van der Waals surface area contributed by atoms with E-state index >= 15 is 0 Å². The van der Waals surface area contributed by atoms with Crippen LogP contribution in [0.4, 0.5) is 4.79 Å². The minimum atomic E-state index is -0.137. The first-order chi connectivity index (χ1) is 15.6. The molecule has 0 radical (unpaired) electrons. The van der Waals surface area contributed by atoms with Gasteiger partial charge in [-0.3, -0.25) is 4.90 Å². The molecule has 0 bridgehead atoms. The highest BCUT2D eigenvalue weighted by Gasteiger charge is 2.24. The highest BCUT2D eigenvalue weighted by atomic mass is 16.2. The normalized spacial score (nSPS) is 17.8. The van der Waals surface area contributed by atoms with E-state index in [9.17, 15) is 4.79 Å². The van der Waals surface area contributed by atoms with Crippen molar-refractivity contribution in [1.29, 1.82) is 0 Å². The smallest absolute Gasteiger partial charge is 0.318 e. The first-order valence-corrected chi connectivity index (χ1v) is 12.2. The molecule has 2 saturated heterocycles. The van der Waals surface area contributed by atoms with Crippen LogP contribution in [-0.4, -0.2) is 73.1 Å². The van der Waals surface area contributed by atoms with E-state index in [0.717, 1.165) is 43.9 Å². The summed E-state index contributed by atoms with van der Waals surface area (Å²) in [6.07, 6.45) is 3.95. The lowest BCUT2D eigenvalue weighted by Crippen LogP contribution is -2.52. The fourth-order valence-corrected chi connectivity index (χ4v) is 4.79. The number of aryl methyl sites for hydroxylation is 2. The zero-order valence-electron chi connectivity index (χ0n) is 19.7. The number of benzene rings is 2. The number of likely N-dealkylation sites (tertiary alicyclic amines) is 1. The summed E-state index contributed by atoms with van der Waals surface area (Å²) >= 11 is 0. The van der Waals surface area contributed by atoms with Gasteiger partial charge in [-0.15, -0.1) is 0 Å². The third kappa shape index (κ3) is 6.11. The van der Waals surface area contributed by atoms with E-state index in [1.54, 1.807) is 0 Å². The Hall–Kier alpha value is -2.37. The van der Waals surface area contributed by atoms with E-state index in [2.05, 4.69) is 77.5 Å². The van der Waals surface area contributed by atoms with E-state index in [1.807, 2.05) is 4.90 Å². The summed E-state index contributed by atoms with van der Waals surface area (Å²) < 4.78 is 0. The molecule has 2 amide bonds. The van der Waals surface area contributed by atoms with Crippen molar-refractivity contribution in [2.45, 2.75) is 39.2 Å². The Balaban J connectivity index is 1.32. The Bertz CT molecular complexity index is 805. The maximum atomic E-state index is 13.2. The zero-order chi connectivity index (χ0) is 22.3. The van der Waals surface area contributed by atoms with Crippen LogP contribution in [0.3, 0.4) is 0 Å². The van der Waals surface area contributed by atoms with Gasteiger partial charge in [-0.2, -0.15) is 0 Å². The number of carbonyl (C=O) groups is 1. The van der Waals surface area contributed by atoms with Crippen molar-refractivity contribution < 1.29 is 4.79 Å². The van der Waals surface area contributed by atoms with Gasteiger partial charge in [-0.25, -0.2) is 4.79 Å². The second kappa shape index (κ2) is 11.0. The molecule has 2 aromatic carbocycles. The number of hydrogen-bond acceptors (Lipinski definition) is 3. The summed E-state index contributed by atoms with van der Waals surface area (Å²) in [5.41, 5.74) is 4.69. The molecule has 1 N–H and O–H groups in total. The maximum Gasteiger partial charge on any atom is 0.318 e. The van der Waals surface area contributed by atoms with Gasteiger partial charge in [0.25, 0.3) is 0 Å². The second-order valence-corrected chi connectivity index (χ2v) is 9.43. The number of amides is 2. The molecule has 2 aromatic rings. The van der Waals surface area contributed by atoms with Crippen molar-refractivity contribution in [3.05, 3.63) is 70.8 Å². The molecule has 0 saturated carbocycles. The molecule has 32 heavy (non-hydrogen) atoms. The third-order valence-corrected chi connectivity index (χ3v) is 6.90. The van der Waals surface area contributed by atoms with Crippen LogP contribution in [0, 0.1) is 13.8 Å². The minimum absolute atomic E-state index is 0.0351. The topological polar surface area (TPSA) is 38.8 Å². The number of urea groups is 1. The summed E-state index contributed by atoms with van der Waals surface area (Å²) in [4.78, 5) is 20.2. The Labute approximate surface area is 193 Å². The number of rotatable bonds is 7. The molecule has 2 fully saturated rings. The Morgan fingerprint density at radius 3 is 1.72 bits per heavy atom. The molecule has 5 heteroatoms. The molecule has 5 nitrogen and oxygen atoms in total. The first-order valence-electron chi connectivity index (χ1n) is 12.2. The molecule has 2 heterocycles. The van der Waals surface area contributed by atoms with Crippen LogP contribution < -0.4 is 5.32 Å². The van der Waals surface area contributed by atoms with Gasteiger partial charge in [0.05, 0.1) is 6.04 Å². The van der Waals surface area contributed by atoms with E-state index in [-0.39, 0.29) is 12.1 Å². The van der Waals surface area contributed by atoms with Gasteiger partial charge in [0.15, 0.2) is 0 Å². The summed E-state index contributed by atoms with van der Waals surface area (Å²) in [6, 6.07) is 16.9. The molecule has 0 aromatic heterocycles. The lowest BCUT2D eigenvalue weighted by atomic mass is 9.97. The van der Waals surface area contributed by atoms with Gasteiger partial charge in [0, 0.05) is 26.2 Å². The number of nitrogens with one attached hydrogen (secondary N) is 1.